The molecular formula is C9H22BN3O6S. The number of carboxylic acid groups (broad SMARTS) is 1. The van der Waals surface area contributed by atoms with Gasteiger partial charge in [0.25, 0.3) is 10.2 Å². The van der Waals surface area contributed by atoms with Crippen LogP contribution in [0.5, 0.6) is 0 Å². The van der Waals surface area contributed by atoms with Crippen molar-refractivity contribution in [3.8, 4) is 0 Å². The van der Waals surface area contributed by atoms with Gasteiger partial charge in [-0.05, 0) is 12.7 Å². The highest BCUT2D eigenvalue weighted by molar-refractivity contribution is 7.87. The van der Waals surface area contributed by atoms with Gasteiger partial charge < -0.3 is 20.9 Å². The maximum absolute atomic E-state index is 11.5. The Morgan fingerprint density at radius 3 is 2.30 bits per heavy atom. The third-order valence-electron chi connectivity index (χ3n) is 2.81. The summed E-state index contributed by atoms with van der Waals surface area (Å²) in [6, 6.07) is 0. The maximum atomic E-state index is 11.5. The van der Waals surface area contributed by atoms with Gasteiger partial charge in [-0.2, -0.15) is 17.4 Å². The second-order valence-electron chi connectivity index (χ2n) is 4.80. The van der Waals surface area contributed by atoms with Gasteiger partial charge in [0.15, 0.2) is 0 Å². The van der Waals surface area contributed by atoms with E-state index in [1.165, 1.54) is 14.1 Å². The predicted octanol–water partition coefficient (Wildman–Crippen LogP) is -2.19. The molecule has 9 nitrogen and oxygen atoms in total. The molecule has 0 aliphatic heterocycles. The SMILES string of the molecule is CN(C)S(=O)(=O)NCC(N)(CCCCB(O)O)C(=O)O. The number of nitrogens with two attached hydrogens (primary N) is 1. The minimum atomic E-state index is -3.75. The van der Waals surface area contributed by atoms with Gasteiger partial charge in [-0.15, -0.1) is 0 Å². The van der Waals surface area contributed by atoms with Crippen molar-refractivity contribution in [3.63, 3.8) is 0 Å². The predicted molar refractivity (Wildman–Crippen MR) is 74.0 cm³/mol. The Hall–Kier alpha value is -0.715. The van der Waals surface area contributed by atoms with Crippen LogP contribution in [-0.4, -0.2) is 67.1 Å². The minimum Gasteiger partial charge on any atom is -0.480 e. The van der Waals surface area contributed by atoms with Crippen molar-refractivity contribution in [1.29, 1.82) is 0 Å². The summed E-state index contributed by atoms with van der Waals surface area (Å²) in [5.74, 6) is -1.32. The Labute approximate surface area is 119 Å². The molecule has 118 valence electrons. The van der Waals surface area contributed by atoms with Gasteiger partial charge in [0, 0.05) is 20.6 Å². The van der Waals surface area contributed by atoms with E-state index in [-0.39, 0.29) is 12.7 Å². The molecule has 0 aliphatic rings. The average Bonchev–Trinajstić information content (AvgIpc) is 2.31. The Morgan fingerprint density at radius 2 is 1.90 bits per heavy atom. The highest BCUT2D eigenvalue weighted by Crippen LogP contribution is 2.13. The van der Waals surface area contributed by atoms with Gasteiger partial charge in [-0.25, -0.2) is 0 Å². The highest BCUT2D eigenvalue weighted by atomic mass is 32.2. The fourth-order valence-corrected chi connectivity index (χ4v) is 2.09. The molecule has 20 heavy (non-hydrogen) atoms. The van der Waals surface area contributed by atoms with Crippen molar-refractivity contribution < 1.29 is 28.4 Å². The fraction of sp³-hybridized carbons (Fsp3) is 0.889. The third kappa shape index (κ3) is 6.63. The number of rotatable bonds is 10. The van der Waals surface area contributed by atoms with Gasteiger partial charge in [0.1, 0.15) is 5.54 Å². The summed E-state index contributed by atoms with van der Waals surface area (Å²) in [5, 5.41) is 26.5. The van der Waals surface area contributed by atoms with Crippen LogP contribution in [0.25, 0.3) is 0 Å². The monoisotopic (exact) mass is 311 g/mol. The van der Waals surface area contributed by atoms with E-state index in [0.29, 0.717) is 12.8 Å². The van der Waals surface area contributed by atoms with E-state index >= 15 is 0 Å². The molecule has 0 aromatic rings. The number of hydrogen-bond acceptors (Lipinski definition) is 6. The van der Waals surface area contributed by atoms with Crippen molar-refractivity contribution in [3.05, 3.63) is 0 Å². The lowest BCUT2D eigenvalue weighted by atomic mass is 9.82. The molecule has 0 rings (SSSR count). The first-order valence-corrected chi connectivity index (χ1v) is 7.51. The molecule has 1 unspecified atom stereocenters. The molecule has 11 heteroatoms. The molecule has 0 radical (unpaired) electrons. The van der Waals surface area contributed by atoms with Crippen LogP contribution in [0, 0.1) is 0 Å². The van der Waals surface area contributed by atoms with Crippen LogP contribution < -0.4 is 10.5 Å². The average molecular weight is 311 g/mol. The lowest BCUT2D eigenvalue weighted by Crippen LogP contribution is -2.57. The number of unbranched alkanes of at least 4 members (excludes halogenated alkanes) is 1. The molecule has 0 spiro atoms. The zero-order valence-electron chi connectivity index (χ0n) is 11.6. The first kappa shape index (κ1) is 19.3. The maximum Gasteiger partial charge on any atom is 0.451 e. The highest BCUT2D eigenvalue weighted by Gasteiger charge is 2.35. The van der Waals surface area contributed by atoms with E-state index in [4.69, 9.17) is 20.9 Å². The summed E-state index contributed by atoms with van der Waals surface area (Å²) in [4.78, 5) is 11.2. The summed E-state index contributed by atoms with van der Waals surface area (Å²) in [6.45, 7) is -0.440. The Morgan fingerprint density at radius 1 is 1.35 bits per heavy atom. The van der Waals surface area contributed by atoms with Crippen LogP contribution in [0.1, 0.15) is 19.3 Å². The van der Waals surface area contributed by atoms with Crippen LogP contribution in [0.2, 0.25) is 6.32 Å². The Kier molecular flexibility index (Phi) is 7.62. The number of carboxylic acids is 1. The molecule has 0 heterocycles. The minimum absolute atomic E-state index is 0.0189. The van der Waals surface area contributed by atoms with Crippen molar-refractivity contribution in [1.82, 2.24) is 9.03 Å². The van der Waals surface area contributed by atoms with Gasteiger partial charge in [0.2, 0.25) is 0 Å². The summed E-state index contributed by atoms with van der Waals surface area (Å²) in [5.41, 5.74) is 3.96. The number of hydrogen-bond donors (Lipinski definition) is 5. The molecule has 0 aromatic heterocycles. The second kappa shape index (κ2) is 7.91. The van der Waals surface area contributed by atoms with E-state index in [9.17, 15) is 13.2 Å². The molecule has 0 fully saturated rings. The van der Waals surface area contributed by atoms with E-state index in [1.807, 2.05) is 0 Å². The summed E-state index contributed by atoms with van der Waals surface area (Å²) >= 11 is 0. The summed E-state index contributed by atoms with van der Waals surface area (Å²) in [6.07, 6.45) is 0.846. The first-order chi connectivity index (χ1) is 9.01. The second-order valence-corrected chi connectivity index (χ2v) is 6.77. The van der Waals surface area contributed by atoms with Crippen molar-refractivity contribution in [2.45, 2.75) is 31.1 Å². The zero-order chi connectivity index (χ0) is 16.0. The normalized spacial score (nSPS) is 15.1. The molecule has 0 saturated carbocycles. The fourth-order valence-electron chi connectivity index (χ4n) is 1.39. The quantitative estimate of drug-likeness (QED) is 0.227. The van der Waals surface area contributed by atoms with E-state index in [1.54, 1.807) is 0 Å². The molecule has 0 aromatic carbocycles. The van der Waals surface area contributed by atoms with Crippen LogP contribution >= 0.6 is 0 Å². The topological polar surface area (TPSA) is 153 Å². The molecule has 6 N–H and O–H groups in total. The van der Waals surface area contributed by atoms with E-state index in [2.05, 4.69) is 4.72 Å². The number of nitrogens with one attached hydrogen (secondary N) is 1. The molecule has 0 aliphatic carbocycles. The van der Waals surface area contributed by atoms with Crippen molar-refractivity contribution >= 4 is 23.3 Å². The number of aliphatic carboxylic acids is 1. The number of carbonyl (C=O) groups is 1. The van der Waals surface area contributed by atoms with Gasteiger partial charge >= 0.3 is 13.1 Å². The lowest BCUT2D eigenvalue weighted by molar-refractivity contribution is -0.143. The van der Waals surface area contributed by atoms with Crippen LogP contribution in [0.3, 0.4) is 0 Å². The zero-order valence-corrected chi connectivity index (χ0v) is 12.4. The summed E-state index contributed by atoms with van der Waals surface area (Å²) < 4.78 is 26.1. The van der Waals surface area contributed by atoms with E-state index < -0.39 is 35.4 Å². The van der Waals surface area contributed by atoms with E-state index in [0.717, 1.165) is 4.31 Å². The van der Waals surface area contributed by atoms with Crippen LogP contribution in [-0.2, 0) is 15.0 Å². The Bertz CT molecular complexity index is 416. The van der Waals surface area contributed by atoms with Crippen molar-refractivity contribution in [2.75, 3.05) is 20.6 Å². The summed E-state index contributed by atoms with van der Waals surface area (Å²) in [7, 11) is -2.58. The molecule has 0 saturated heterocycles. The van der Waals surface area contributed by atoms with Crippen molar-refractivity contribution in [2.24, 2.45) is 5.73 Å². The number of nitrogens with zero attached hydrogens (tertiary/aromatic N) is 1. The molecular weight excluding hydrogens is 289 g/mol. The largest absolute Gasteiger partial charge is 0.480 e. The standard InChI is InChI=1S/C9H22BN3O6S/c1-13(2)20(18,19)12-7-9(11,8(14)15)5-3-4-6-10(16)17/h12,16-17H,3-7,11H2,1-2H3,(H,14,15). The lowest BCUT2D eigenvalue weighted by Gasteiger charge is -2.25. The molecule has 0 amide bonds. The van der Waals surface area contributed by atoms with Gasteiger partial charge in [-0.3, -0.25) is 4.79 Å². The Balaban J connectivity index is 4.51. The molecule has 1 atom stereocenters. The van der Waals surface area contributed by atoms with Gasteiger partial charge in [-0.1, -0.05) is 12.8 Å². The first-order valence-electron chi connectivity index (χ1n) is 6.07. The smallest absolute Gasteiger partial charge is 0.451 e. The van der Waals surface area contributed by atoms with Crippen LogP contribution in [0.4, 0.5) is 0 Å². The van der Waals surface area contributed by atoms with Crippen LogP contribution in [0.15, 0.2) is 0 Å². The third-order valence-corrected chi connectivity index (χ3v) is 4.28. The van der Waals surface area contributed by atoms with Gasteiger partial charge in [0.05, 0.1) is 0 Å². The molecule has 0 bridgehead atoms.